The smallest absolute Gasteiger partial charge is 0.0555 e. The Balaban J connectivity index is 3.43. The highest BCUT2D eigenvalue weighted by atomic mass is 32.1. The Morgan fingerprint density at radius 2 is 2.00 bits per heavy atom. The van der Waals surface area contributed by atoms with Crippen molar-refractivity contribution in [3.8, 4) is 0 Å². The van der Waals surface area contributed by atoms with Crippen molar-refractivity contribution in [1.29, 1.82) is 0 Å². The minimum Gasteiger partial charge on any atom is -0.293 e. The number of nitrogens with zero attached hydrogens (tertiary/aromatic N) is 1. The molecule has 0 aliphatic rings. The molecule has 54 valence electrons. The van der Waals surface area contributed by atoms with Crippen LogP contribution in [0.1, 0.15) is 20.8 Å². The van der Waals surface area contributed by atoms with Crippen LogP contribution in [0.4, 0.5) is 0 Å². The van der Waals surface area contributed by atoms with E-state index in [1.54, 1.807) is 0 Å². The van der Waals surface area contributed by atoms with E-state index in [0.717, 1.165) is 5.75 Å². The molecule has 0 saturated carbocycles. The molecule has 0 rings (SSSR count). The molecule has 1 unspecified atom stereocenters. The minimum atomic E-state index is 0.371. The van der Waals surface area contributed by atoms with Crippen molar-refractivity contribution in [2.24, 2.45) is 10.9 Å². The average molecular weight is 145 g/mol. The lowest BCUT2D eigenvalue weighted by Gasteiger charge is -1.99. The van der Waals surface area contributed by atoms with E-state index in [4.69, 9.17) is 0 Å². The van der Waals surface area contributed by atoms with Crippen LogP contribution in [0.2, 0.25) is 0 Å². The third-order valence-electron chi connectivity index (χ3n) is 0.903. The third-order valence-corrected chi connectivity index (χ3v) is 1.43. The minimum absolute atomic E-state index is 0.371. The highest BCUT2D eigenvalue weighted by Gasteiger charge is 1.91. The van der Waals surface area contributed by atoms with E-state index in [-0.39, 0.29) is 0 Å². The molecule has 0 aromatic rings. The van der Waals surface area contributed by atoms with E-state index in [1.165, 1.54) is 0 Å². The standard InChI is InChI=1S/C7H15NS/c1-6(2)4-8-7(3)5-9/h4,6-7,9H,5H2,1-3H3. The topological polar surface area (TPSA) is 12.4 Å². The Morgan fingerprint density at radius 3 is 2.33 bits per heavy atom. The quantitative estimate of drug-likeness (QED) is 0.461. The van der Waals surface area contributed by atoms with Gasteiger partial charge in [-0.25, -0.2) is 0 Å². The molecule has 0 radical (unpaired) electrons. The molecule has 2 heteroatoms. The maximum Gasteiger partial charge on any atom is 0.0555 e. The summed E-state index contributed by atoms with van der Waals surface area (Å²) in [5.74, 6) is 1.40. The summed E-state index contributed by atoms with van der Waals surface area (Å²) in [6.45, 7) is 6.30. The van der Waals surface area contributed by atoms with Crippen molar-refractivity contribution < 1.29 is 0 Å². The summed E-state index contributed by atoms with van der Waals surface area (Å²) in [5, 5.41) is 0. The van der Waals surface area contributed by atoms with Crippen LogP contribution in [0.3, 0.4) is 0 Å². The highest BCUT2D eigenvalue weighted by Crippen LogP contribution is 1.93. The molecule has 0 bridgehead atoms. The van der Waals surface area contributed by atoms with Crippen LogP contribution >= 0.6 is 12.6 Å². The van der Waals surface area contributed by atoms with Crippen LogP contribution in [-0.4, -0.2) is 18.0 Å². The van der Waals surface area contributed by atoms with E-state index in [0.29, 0.717) is 12.0 Å². The van der Waals surface area contributed by atoms with Gasteiger partial charge < -0.3 is 0 Å². The van der Waals surface area contributed by atoms with Crippen LogP contribution in [0.15, 0.2) is 4.99 Å². The monoisotopic (exact) mass is 145 g/mol. The Bertz CT molecular complexity index is 88.9. The van der Waals surface area contributed by atoms with Crippen LogP contribution in [0.5, 0.6) is 0 Å². The molecule has 0 saturated heterocycles. The maximum absolute atomic E-state index is 4.24. The van der Waals surface area contributed by atoms with Gasteiger partial charge in [-0.1, -0.05) is 13.8 Å². The maximum atomic E-state index is 4.24. The highest BCUT2D eigenvalue weighted by molar-refractivity contribution is 7.80. The Kier molecular flexibility index (Phi) is 4.87. The normalized spacial score (nSPS) is 15.2. The number of hydrogen-bond acceptors (Lipinski definition) is 2. The van der Waals surface area contributed by atoms with E-state index in [9.17, 15) is 0 Å². The van der Waals surface area contributed by atoms with Gasteiger partial charge in [-0.05, 0) is 12.8 Å². The zero-order valence-electron chi connectivity index (χ0n) is 6.33. The number of hydrogen-bond donors (Lipinski definition) is 1. The van der Waals surface area contributed by atoms with E-state index in [2.05, 4.69) is 38.4 Å². The Labute approximate surface area is 63.0 Å². The van der Waals surface area contributed by atoms with Crippen LogP contribution in [-0.2, 0) is 0 Å². The second-order valence-corrected chi connectivity index (χ2v) is 2.94. The summed E-state index contributed by atoms with van der Waals surface area (Å²) in [6, 6.07) is 0.371. The van der Waals surface area contributed by atoms with Crippen molar-refractivity contribution in [2.75, 3.05) is 5.75 Å². The van der Waals surface area contributed by atoms with E-state index >= 15 is 0 Å². The van der Waals surface area contributed by atoms with Gasteiger partial charge in [0.25, 0.3) is 0 Å². The first kappa shape index (κ1) is 9.02. The first-order chi connectivity index (χ1) is 4.16. The summed E-state index contributed by atoms with van der Waals surface area (Å²) in [4.78, 5) is 4.24. The van der Waals surface area contributed by atoms with Crippen molar-refractivity contribution in [1.82, 2.24) is 0 Å². The molecule has 0 spiro atoms. The third kappa shape index (κ3) is 5.90. The second-order valence-electron chi connectivity index (χ2n) is 2.57. The molecular formula is C7H15NS. The zero-order valence-corrected chi connectivity index (χ0v) is 7.23. The first-order valence-corrected chi connectivity index (χ1v) is 3.94. The summed E-state index contributed by atoms with van der Waals surface area (Å²) >= 11 is 4.10. The molecule has 9 heavy (non-hydrogen) atoms. The van der Waals surface area contributed by atoms with Gasteiger partial charge in [0.2, 0.25) is 0 Å². The van der Waals surface area contributed by atoms with Gasteiger partial charge in [-0.3, -0.25) is 4.99 Å². The van der Waals surface area contributed by atoms with Crippen LogP contribution in [0, 0.1) is 5.92 Å². The summed E-state index contributed by atoms with van der Waals surface area (Å²) in [7, 11) is 0. The molecule has 0 aliphatic carbocycles. The molecule has 1 atom stereocenters. The van der Waals surface area contributed by atoms with Gasteiger partial charge in [-0.15, -0.1) is 0 Å². The van der Waals surface area contributed by atoms with Gasteiger partial charge in [-0.2, -0.15) is 12.6 Å². The largest absolute Gasteiger partial charge is 0.293 e. The molecular weight excluding hydrogens is 130 g/mol. The predicted molar refractivity (Wildman–Crippen MR) is 46.6 cm³/mol. The van der Waals surface area contributed by atoms with Gasteiger partial charge in [0, 0.05) is 12.0 Å². The average Bonchev–Trinajstić information content (AvgIpc) is 1.83. The SMILES string of the molecule is CC(C)C=NC(C)CS. The van der Waals surface area contributed by atoms with Crippen molar-refractivity contribution in [3.05, 3.63) is 0 Å². The summed E-state index contributed by atoms with van der Waals surface area (Å²) in [6.07, 6.45) is 1.97. The molecule has 0 aromatic carbocycles. The second kappa shape index (κ2) is 4.86. The molecule has 0 amide bonds. The Morgan fingerprint density at radius 1 is 1.44 bits per heavy atom. The van der Waals surface area contributed by atoms with Crippen LogP contribution in [0.25, 0.3) is 0 Å². The molecule has 0 aromatic heterocycles. The fourth-order valence-electron chi connectivity index (χ4n) is 0.366. The van der Waals surface area contributed by atoms with E-state index in [1.807, 2.05) is 6.21 Å². The van der Waals surface area contributed by atoms with Crippen LogP contribution < -0.4 is 0 Å². The zero-order chi connectivity index (χ0) is 7.28. The lowest BCUT2D eigenvalue weighted by molar-refractivity contribution is 0.823. The van der Waals surface area contributed by atoms with E-state index < -0.39 is 0 Å². The molecule has 0 heterocycles. The van der Waals surface area contributed by atoms with Crippen molar-refractivity contribution in [3.63, 3.8) is 0 Å². The van der Waals surface area contributed by atoms with Gasteiger partial charge in [0.1, 0.15) is 0 Å². The number of aliphatic imine (C=N–C) groups is 1. The number of thiol groups is 1. The lowest BCUT2D eigenvalue weighted by atomic mass is 10.2. The Hall–Kier alpha value is 0.0200. The van der Waals surface area contributed by atoms with Crippen molar-refractivity contribution in [2.45, 2.75) is 26.8 Å². The molecule has 0 aliphatic heterocycles. The fourth-order valence-corrected chi connectivity index (χ4v) is 0.460. The summed E-state index contributed by atoms with van der Waals surface area (Å²) in [5.41, 5.74) is 0. The molecule has 1 nitrogen and oxygen atoms in total. The van der Waals surface area contributed by atoms with Gasteiger partial charge in [0.15, 0.2) is 0 Å². The number of rotatable bonds is 3. The molecule has 0 N–H and O–H groups in total. The summed E-state index contributed by atoms with van der Waals surface area (Å²) < 4.78 is 0. The first-order valence-electron chi connectivity index (χ1n) is 3.31. The fraction of sp³-hybridized carbons (Fsp3) is 0.857. The predicted octanol–water partition coefficient (Wildman–Crippen LogP) is 2.03. The van der Waals surface area contributed by atoms with Gasteiger partial charge in [0.05, 0.1) is 6.04 Å². The van der Waals surface area contributed by atoms with Gasteiger partial charge >= 0.3 is 0 Å². The lowest BCUT2D eigenvalue weighted by Crippen LogP contribution is -2.01. The van der Waals surface area contributed by atoms with Crippen molar-refractivity contribution >= 4 is 18.8 Å². The molecule has 0 fully saturated rings.